The number of carbonyl (C=O) groups is 2. The lowest BCUT2D eigenvalue weighted by atomic mass is 10.1. The zero-order valence-corrected chi connectivity index (χ0v) is 11.7. The van der Waals surface area contributed by atoms with Gasteiger partial charge in [0.2, 0.25) is 5.91 Å². The maximum atomic E-state index is 12.1. The summed E-state index contributed by atoms with van der Waals surface area (Å²) in [5.41, 5.74) is 6.25. The second-order valence-electron chi connectivity index (χ2n) is 4.14. The molecule has 0 saturated carbocycles. The van der Waals surface area contributed by atoms with Crippen LogP contribution in [0.3, 0.4) is 0 Å². The van der Waals surface area contributed by atoms with E-state index in [0.717, 1.165) is 0 Å². The Bertz CT molecular complexity index is 501. The number of carbonyl (C=O) groups excluding carboxylic acids is 2. The van der Waals surface area contributed by atoms with E-state index in [9.17, 15) is 13.8 Å². The van der Waals surface area contributed by atoms with Gasteiger partial charge in [-0.25, -0.2) is 0 Å². The Morgan fingerprint density at radius 1 is 1.37 bits per heavy atom. The van der Waals surface area contributed by atoms with Crippen LogP contribution in [0.1, 0.15) is 29.3 Å². The first-order valence-corrected chi connectivity index (χ1v) is 7.15. The third kappa shape index (κ3) is 4.48. The zero-order valence-electron chi connectivity index (χ0n) is 10.9. The smallest absolute Gasteiger partial charge is 0.306 e. The Hall–Kier alpha value is -1.69. The quantitative estimate of drug-likeness (QED) is 0.789. The molecule has 1 amide bonds. The molecule has 1 aromatic rings. The van der Waals surface area contributed by atoms with E-state index in [1.165, 1.54) is 7.11 Å². The van der Waals surface area contributed by atoms with Crippen LogP contribution in [0, 0.1) is 0 Å². The van der Waals surface area contributed by atoms with Crippen molar-refractivity contribution in [3.8, 4) is 0 Å². The summed E-state index contributed by atoms with van der Waals surface area (Å²) in [5, 5.41) is -0.339. The summed E-state index contributed by atoms with van der Waals surface area (Å²) in [6.45, 7) is 1.71. The number of hydrogen-bond acceptors (Lipinski definition) is 4. The van der Waals surface area contributed by atoms with Crippen molar-refractivity contribution in [3.05, 3.63) is 35.4 Å². The number of ether oxygens (including phenoxy) is 1. The topological polar surface area (TPSA) is 86.5 Å². The summed E-state index contributed by atoms with van der Waals surface area (Å²) < 4.78 is 16.6. The van der Waals surface area contributed by atoms with Crippen LogP contribution in [0.4, 0.5) is 0 Å². The number of amides is 1. The van der Waals surface area contributed by atoms with Gasteiger partial charge in [-0.1, -0.05) is 25.1 Å². The highest BCUT2D eigenvalue weighted by Gasteiger charge is 2.18. The lowest BCUT2D eigenvalue weighted by Crippen LogP contribution is -2.20. The summed E-state index contributed by atoms with van der Waals surface area (Å²) >= 11 is 0. The summed E-state index contributed by atoms with van der Waals surface area (Å²) in [4.78, 5) is 22.4. The number of rotatable bonds is 6. The molecule has 19 heavy (non-hydrogen) atoms. The largest absolute Gasteiger partial charge is 0.469 e. The van der Waals surface area contributed by atoms with Crippen LogP contribution >= 0.6 is 0 Å². The number of primary amides is 1. The van der Waals surface area contributed by atoms with Crippen molar-refractivity contribution in [3.63, 3.8) is 0 Å². The van der Waals surface area contributed by atoms with E-state index >= 15 is 0 Å². The van der Waals surface area contributed by atoms with Gasteiger partial charge >= 0.3 is 5.97 Å². The number of hydrogen-bond donors (Lipinski definition) is 1. The zero-order chi connectivity index (χ0) is 14.4. The van der Waals surface area contributed by atoms with Crippen molar-refractivity contribution < 1.29 is 18.5 Å². The molecule has 0 aliphatic heterocycles. The van der Waals surface area contributed by atoms with Crippen molar-refractivity contribution in [1.29, 1.82) is 0 Å². The normalized spacial score (nSPS) is 13.6. The van der Waals surface area contributed by atoms with E-state index in [0.29, 0.717) is 11.1 Å². The number of benzene rings is 1. The molecule has 2 atom stereocenters. The molecule has 0 saturated heterocycles. The van der Waals surface area contributed by atoms with Crippen molar-refractivity contribution in [2.45, 2.75) is 24.3 Å². The summed E-state index contributed by atoms with van der Waals surface area (Å²) in [7, 11) is 0.0187. The van der Waals surface area contributed by atoms with Gasteiger partial charge in [-0.15, -0.1) is 0 Å². The van der Waals surface area contributed by atoms with Gasteiger partial charge in [-0.2, -0.15) is 0 Å². The molecule has 0 aliphatic carbocycles. The molecule has 0 bridgehead atoms. The van der Waals surface area contributed by atoms with Crippen molar-refractivity contribution in [2.24, 2.45) is 5.73 Å². The van der Waals surface area contributed by atoms with Crippen molar-refractivity contribution >= 4 is 22.7 Å². The number of esters is 1. The minimum Gasteiger partial charge on any atom is -0.469 e. The van der Waals surface area contributed by atoms with Gasteiger partial charge in [0.25, 0.3) is 0 Å². The second kappa shape index (κ2) is 7.04. The van der Waals surface area contributed by atoms with E-state index < -0.39 is 22.7 Å². The Labute approximate surface area is 114 Å². The van der Waals surface area contributed by atoms with Gasteiger partial charge in [0, 0.05) is 27.4 Å². The van der Waals surface area contributed by atoms with Crippen LogP contribution < -0.4 is 5.73 Å². The SMILES string of the molecule is COC(=O)CC(C)S(=O)Cc1ccccc1C(N)=O. The summed E-state index contributed by atoms with van der Waals surface area (Å²) in [6, 6.07) is 6.76. The maximum absolute atomic E-state index is 12.1. The number of nitrogens with two attached hydrogens (primary N) is 1. The predicted molar refractivity (Wildman–Crippen MR) is 72.9 cm³/mol. The molecule has 0 aromatic heterocycles. The van der Waals surface area contributed by atoms with Crippen LogP contribution in [0.25, 0.3) is 0 Å². The van der Waals surface area contributed by atoms with Gasteiger partial charge in [0.15, 0.2) is 0 Å². The van der Waals surface area contributed by atoms with E-state index in [1.54, 1.807) is 31.2 Å². The highest BCUT2D eigenvalue weighted by molar-refractivity contribution is 7.84. The summed E-state index contributed by atoms with van der Waals surface area (Å²) in [5.74, 6) is -0.755. The van der Waals surface area contributed by atoms with Gasteiger partial charge in [-0.05, 0) is 11.6 Å². The minimum absolute atomic E-state index is 0.0852. The predicted octanol–water partition coefficient (Wildman–Crippen LogP) is 0.986. The van der Waals surface area contributed by atoms with Crippen molar-refractivity contribution in [1.82, 2.24) is 0 Å². The molecule has 6 heteroatoms. The lowest BCUT2D eigenvalue weighted by Gasteiger charge is -2.11. The Kier molecular flexibility index (Phi) is 5.69. The first kappa shape index (κ1) is 15.4. The average molecular weight is 283 g/mol. The fourth-order valence-corrected chi connectivity index (χ4v) is 2.76. The molecule has 0 fully saturated rings. The maximum Gasteiger partial charge on any atom is 0.306 e. The first-order chi connectivity index (χ1) is 8.95. The molecule has 0 aliphatic rings. The van der Waals surface area contributed by atoms with Crippen LogP contribution in [-0.2, 0) is 26.1 Å². The van der Waals surface area contributed by atoms with Crippen LogP contribution in [0.2, 0.25) is 0 Å². The fourth-order valence-electron chi connectivity index (χ4n) is 1.59. The molecule has 0 spiro atoms. The molecule has 104 valence electrons. The van der Waals surface area contributed by atoms with E-state index in [1.807, 2.05) is 0 Å². The van der Waals surface area contributed by atoms with Crippen LogP contribution in [0.5, 0.6) is 0 Å². The monoisotopic (exact) mass is 283 g/mol. The molecule has 1 rings (SSSR count). The van der Waals surface area contributed by atoms with E-state index in [4.69, 9.17) is 5.73 Å². The highest BCUT2D eigenvalue weighted by atomic mass is 32.2. The summed E-state index contributed by atoms with van der Waals surface area (Å²) in [6.07, 6.45) is 0.0852. The van der Waals surface area contributed by atoms with E-state index in [2.05, 4.69) is 4.74 Å². The molecule has 0 radical (unpaired) electrons. The Morgan fingerprint density at radius 2 is 2.00 bits per heavy atom. The van der Waals surface area contributed by atoms with E-state index in [-0.39, 0.29) is 17.4 Å². The molecular formula is C13H17NO4S. The van der Waals surface area contributed by atoms with Crippen LogP contribution in [0.15, 0.2) is 24.3 Å². The van der Waals surface area contributed by atoms with Crippen molar-refractivity contribution in [2.75, 3.05) is 7.11 Å². The van der Waals surface area contributed by atoms with Gasteiger partial charge in [0.1, 0.15) is 0 Å². The fraction of sp³-hybridized carbons (Fsp3) is 0.385. The molecule has 2 unspecified atom stereocenters. The number of methoxy groups -OCH3 is 1. The average Bonchev–Trinajstić information content (AvgIpc) is 2.38. The third-order valence-electron chi connectivity index (χ3n) is 2.71. The lowest BCUT2D eigenvalue weighted by molar-refractivity contribution is -0.140. The highest BCUT2D eigenvalue weighted by Crippen LogP contribution is 2.14. The van der Waals surface area contributed by atoms with Crippen LogP contribution in [-0.4, -0.2) is 28.4 Å². The third-order valence-corrected chi connectivity index (χ3v) is 4.37. The Morgan fingerprint density at radius 3 is 2.58 bits per heavy atom. The van der Waals surface area contributed by atoms with Gasteiger partial charge < -0.3 is 10.5 Å². The van der Waals surface area contributed by atoms with Gasteiger partial charge in [0.05, 0.1) is 13.5 Å². The standard InChI is InChI=1S/C13H17NO4S/c1-9(7-12(15)18-2)19(17)8-10-5-3-4-6-11(10)13(14)16/h3-6,9H,7-8H2,1-2H3,(H2,14,16). The molecule has 2 N–H and O–H groups in total. The minimum atomic E-state index is -1.27. The molecular weight excluding hydrogens is 266 g/mol. The van der Waals surface area contributed by atoms with Gasteiger partial charge in [-0.3, -0.25) is 13.8 Å². The Balaban J connectivity index is 2.77. The molecule has 5 nitrogen and oxygen atoms in total. The molecule has 0 heterocycles. The second-order valence-corrected chi connectivity index (χ2v) is 5.99. The molecule has 1 aromatic carbocycles. The first-order valence-electron chi connectivity index (χ1n) is 5.77.